The van der Waals surface area contributed by atoms with Gasteiger partial charge in [-0.3, -0.25) is 4.79 Å². The zero-order valence-electron chi connectivity index (χ0n) is 7.78. The van der Waals surface area contributed by atoms with E-state index in [1.165, 1.54) is 25.5 Å². The van der Waals surface area contributed by atoms with E-state index in [-0.39, 0.29) is 0 Å². The zero-order chi connectivity index (χ0) is 9.36. The first-order valence-electron chi connectivity index (χ1n) is 4.75. The maximum atomic E-state index is 10.0. The molecule has 1 aromatic carbocycles. The van der Waals surface area contributed by atoms with Crippen molar-refractivity contribution in [2.24, 2.45) is 0 Å². The molecule has 13 heavy (non-hydrogen) atoms. The number of benzene rings is 1. The van der Waals surface area contributed by atoms with Crippen LogP contribution in [0.5, 0.6) is 0 Å². The van der Waals surface area contributed by atoms with Crippen molar-refractivity contribution in [3.63, 3.8) is 0 Å². The highest BCUT2D eigenvalue weighted by Gasteiger charge is 1.97. The molecule has 0 N–H and O–H groups in total. The fourth-order valence-corrected chi connectivity index (χ4v) is 1.25. The molecule has 1 heterocycles. The van der Waals surface area contributed by atoms with Crippen molar-refractivity contribution in [1.29, 1.82) is 0 Å². The third kappa shape index (κ3) is 4.51. The molecule has 2 rings (SSSR count). The molecule has 0 amide bonds. The second-order valence-corrected chi connectivity index (χ2v) is 3.10. The minimum Gasteiger partial charge on any atom is -0.298 e. The first kappa shape index (κ1) is 10.0. The van der Waals surface area contributed by atoms with Gasteiger partial charge in [0.15, 0.2) is 0 Å². The van der Waals surface area contributed by atoms with Crippen LogP contribution < -0.4 is 0 Å². The smallest absolute Gasteiger partial charge is 0.150 e. The van der Waals surface area contributed by atoms with E-state index in [0.717, 1.165) is 11.8 Å². The van der Waals surface area contributed by atoms with Crippen LogP contribution in [0.1, 0.15) is 23.2 Å². The Labute approximate surface area is 80.4 Å². The summed E-state index contributed by atoms with van der Waals surface area (Å²) < 4.78 is 0. The van der Waals surface area contributed by atoms with Crippen molar-refractivity contribution >= 4 is 13.6 Å². The van der Waals surface area contributed by atoms with E-state index in [0.29, 0.717) is 0 Å². The molecule has 1 aromatic rings. The Morgan fingerprint density at radius 2 is 1.69 bits per heavy atom. The van der Waals surface area contributed by atoms with Crippen molar-refractivity contribution in [2.45, 2.75) is 25.5 Å². The summed E-state index contributed by atoms with van der Waals surface area (Å²) in [5.74, 6) is 0. The van der Waals surface area contributed by atoms with Crippen LogP contribution in [0.15, 0.2) is 30.3 Å². The minimum absolute atomic E-state index is 0.729. The van der Waals surface area contributed by atoms with E-state index in [1.807, 2.05) is 18.2 Å². The summed E-state index contributed by atoms with van der Waals surface area (Å²) in [6.45, 7) is 0. The highest BCUT2D eigenvalue weighted by Crippen LogP contribution is 2.09. The summed E-state index contributed by atoms with van der Waals surface area (Å²) in [5.41, 5.74) is 0.729. The van der Waals surface area contributed by atoms with Gasteiger partial charge < -0.3 is 0 Å². The van der Waals surface area contributed by atoms with Crippen LogP contribution in [0.25, 0.3) is 0 Å². The number of rotatable bonds is 1. The van der Waals surface area contributed by atoms with Gasteiger partial charge in [-0.1, -0.05) is 55.8 Å². The Morgan fingerprint density at radius 1 is 1.08 bits per heavy atom. The SMILES string of the molecule is O=Cc1ccccc1.[B]1CCCC1. The summed E-state index contributed by atoms with van der Waals surface area (Å²) in [4.78, 5) is 10.0. The van der Waals surface area contributed by atoms with E-state index < -0.39 is 0 Å². The van der Waals surface area contributed by atoms with E-state index in [2.05, 4.69) is 7.28 Å². The van der Waals surface area contributed by atoms with Crippen LogP contribution in [-0.4, -0.2) is 13.6 Å². The van der Waals surface area contributed by atoms with Crippen molar-refractivity contribution < 1.29 is 4.79 Å². The third-order valence-corrected chi connectivity index (χ3v) is 2.00. The number of aldehydes is 1. The molecule has 0 atom stereocenters. The average Bonchev–Trinajstić information content (AvgIpc) is 2.77. The van der Waals surface area contributed by atoms with Crippen LogP contribution in [-0.2, 0) is 0 Å². The monoisotopic (exact) mass is 173 g/mol. The topological polar surface area (TPSA) is 17.1 Å². The van der Waals surface area contributed by atoms with E-state index >= 15 is 0 Å². The predicted octanol–water partition coefficient (Wildman–Crippen LogP) is 2.82. The van der Waals surface area contributed by atoms with E-state index in [4.69, 9.17) is 0 Å². The number of carbonyl (C=O) groups excluding carboxylic acids is 1. The van der Waals surface area contributed by atoms with Gasteiger partial charge in [-0.25, -0.2) is 0 Å². The second kappa shape index (κ2) is 6.47. The summed E-state index contributed by atoms with van der Waals surface area (Å²) in [7, 11) is 2.36. The van der Waals surface area contributed by atoms with Gasteiger partial charge in [-0.05, 0) is 0 Å². The number of hydrogen-bond acceptors (Lipinski definition) is 1. The first-order chi connectivity index (χ1) is 6.43. The van der Waals surface area contributed by atoms with Crippen LogP contribution in [0.3, 0.4) is 0 Å². The summed E-state index contributed by atoms with van der Waals surface area (Å²) in [6.07, 6.45) is 6.47. The quantitative estimate of drug-likeness (QED) is 0.471. The molecule has 0 saturated carbocycles. The van der Waals surface area contributed by atoms with Gasteiger partial charge in [0.25, 0.3) is 0 Å². The Balaban J connectivity index is 0.000000145. The molecule has 1 saturated heterocycles. The molecule has 1 aliphatic rings. The second-order valence-electron chi connectivity index (χ2n) is 3.10. The molecule has 0 aliphatic carbocycles. The van der Waals surface area contributed by atoms with Gasteiger partial charge in [0.05, 0.1) is 0 Å². The van der Waals surface area contributed by atoms with Crippen molar-refractivity contribution in [2.75, 3.05) is 0 Å². The average molecular weight is 173 g/mol. The largest absolute Gasteiger partial charge is 0.298 e. The van der Waals surface area contributed by atoms with Crippen LogP contribution in [0, 0.1) is 0 Å². The molecule has 1 radical (unpaired) electrons. The lowest BCUT2D eigenvalue weighted by Gasteiger charge is -1.81. The molecule has 0 aromatic heterocycles. The fraction of sp³-hybridized carbons (Fsp3) is 0.364. The third-order valence-electron chi connectivity index (χ3n) is 2.00. The standard InChI is InChI=1S/C7H6O.C4H8B/c8-6-7-4-2-1-3-5-7;1-2-4-5-3-1/h1-6H;1-4H2. The molecular formula is C11H14BO. The van der Waals surface area contributed by atoms with E-state index in [9.17, 15) is 4.79 Å². The molecule has 0 spiro atoms. The lowest BCUT2D eigenvalue weighted by molar-refractivity contribution is 0.112. The van der Waals surface area contributed by atoms with Crippen molar-refractivity contribution in [1.82, 2.24) is 0 Å². The maximum Gasteiger partial charge on any atom is 0.150 e. The molecule has 0 bridgehead atoms. The molecule has 1 aliphatic heterocycles. The molecule has 67 valence electrons. The number of carbonyl (C=O) groups is 1. The van der Waals surface area contributed by atoms with Gasteiger partial charge in [-0.2, -0.15) is 0 Å². The van der Waals surface area contributed by atoms with Gasteiger partial charge in [0, 0.05) is 5.56 Å². The first-order valence-corrected chi connectivity index (χ1v) is 4.75. The molecule has 0 unspecified atom stereocenters. The highest BCUT2D eigenvalue weighted by atomic mass is 16.1. The zero-order valence-corrected chi connectivity index (χ0v) is 7.78. The van der Waals surface area contributed by atoms with Crippen molar-refractivity contribution in [3.05, 3.63) is 35.9 Å². The summed E-state index contributed by atoms with van der Waals surface area (Å²) in [6, 6.07) is 9.10. The number of hydrogen-bond donors (Lipinski definition) is 0. The normalized spacial score (nSPS) is 13.8. The molecule has 2 heteroatoms. The predicted molar refractivity (Wildman–Crippen MR) is 56.4 cm³/mol. The lowest BCUT2D eigenvalue weighted by atomic mass is 9.77. The van der Waals surface area contributed by atoms with Crippen LogP contribution in [0.4, 0.5) is 0 Å². The van der Waals surface area contributed by atoms with Gasteiger partial charge in [0.1, 0.15) is 13.6 Å². The van der Waals surface area contributed by atoms with Gasteiger partial charge in [0.2, 0.25) is 0 Å². The summed E-state index contributed by atoms with van der Waals surface area (Å²) >= 11 is 0. The lowest BCUT2D eigenvalue weighted by Crippen LogP contribution is -1.73. The molecular weight excluding hydrogens is 159 g/mol. The molecule has 1 fully saturated rings. The van der Waals surface area contributed by atoms with Gasteiger partial charge >= 0.3 is 0 Å². The summed E-state index contributed by atoms with van der Waals surface area (Å²) in [5, 5.41) is 0. The Hall–Kier alpha value is -1.05. The van der Waals surface area contributed by atoms with Crippen molar-refractivity contribution in [3.8, 4) is 0 Å². The Morgan fingerprint density at radius 3 is 2.00 bits per heavy atom. The Kier molecular flexibility index (Phi) is 5.00. The highest BCUT2D eigenvalue weighted by molar-refractivity contribution is 6.36. The minimum atomic E-state index is 0.729. The van der Waals surface area contributed by atoms with Crippen LogP contribution in [0.2, 0.25) is 12.6 Å². The van der Waals surface area contributed by atoms with Gasteiger partial charge in [-0.15, -0.1) is 0 Å². The maximum absolute atomic E-state index is 10.0. The van der Waals surface area contributed by atoms with Crippen LogP contribution >= 0.6 is 0 Å². The van der Waals surface area contributed by atoms with E-state index in [1.54, 1.807) is 12.1 Å². The Bertz CT molecular complexity index is 221. The fourth-order valence-electron chi connectivity index (χ4n) is 1.25. The molecule has 1 nitrogen and oxygen atoms in total.